The van der Waals surface area contributed by atoms with Crippen LogP contribution in [0.3, 0.4) is 0 Å². The number of aromatic hydroxyl groups is 1. The van der Waals surface area contributed by atoms with E-state index in [1.807, 2.05) is 12.1 Å². The van der Waals surface area contributed by atoms with Crippen molar-refractivity contribution in [3.63, 3.8) is 0 Å². The minimum absolute atomic E-state index is 0.0920. The summed E-state index contributed by atoms with van der Waals surface area (Å²) in [5.41, 5.74) is 7.93. The molecule has 0 radical (unpaired) electrons. The van der Waals surface area contributed by atoms with Crippen LogP contribution in [-0.4, -0.2) is 51.1 Å². The zero-order chi connectivity index (χ0) is 25.4. The second-order valence-corrected chi connectivity index (χ2v) is 9.20. The lowest BCUT2D eigenvalue weighted by molar-refractivity contribution is -0.141. The van der Waals surface area contributed by atoms with Crippen molar-refractivity contribution in [3.8, 4) is 28.7 Å². The highest BCUT2D eigenvalue weighted by molar-refractivity contribution is 5.81. The second-order valence-electron chi connectivity index (χ2n) is 9.20. The molecular weight excluding hydrogens is 468 g/mol. The van der Waals surface area contributed by atoms with Crippen LogP contribution in [0.2, 0.25) is 0 Å². The topological polar surface area (TPSA) is 139 Å². The van der Waals surface area contributed by atoms with Crippen LogP contribution in [0.25, 0.3) is 0 Å². The van der Waals surface area contributed by atoms with Gasteiger partial charge in [0.15, 0.2) is 23.0 Å². The molecule has 2 aromatic carbocycles. The van der Waals surface area contributed by atoms with Crippen LogP contribution < -0.4 is 30.0 Å². The number of carbonyl (C=O) groups is 2. The number of rotatable bonds is 8. The number of cyclic esters (lactones) is 1. The van der Waals surface area contributed by atoms with Crippen molar-refractivity contribution >= 4 is 11.9 Å². The fourth-order valence-corrected chi connectivity index (χ4v) is 5.52. The Hall–Kier alpha value is -3.66. The molecule has 0 saturated carbocycles. The lowest BCUT2D eigenvalue weighted by Crippen LogP contribution is -2.42. The summed E-state index contributed by atoms with van der Waals surface area (Å²) in [6.45, 7) is 0.792. The molecule has 2 aromatic rings. The van der Waals surface area contributed by atoms with Gasteiger partial charge in [0, 0.05) is 18.3 Å². The van der Waals surface area contributed by atoms with Crippen molar-refractivity contribution in [2.75, 3.05) is 34.2 Å². The molecule has 192 valence electrons. The van der Waals surface area contributed by atoms with E-state index in [0.717, 1.165) is 17.5 Å². The molecule has 10 heteroatoms. The van der Waals surface area contributed by atoms with Crippen LogP contribution >= 0.6 is 0 Å². The summed E-state index contributed by atoms with van der Waals surface area (Å²) in [4.78, 5) is 26.0. The molecule has 4 N–H and O–H groups in total. The van der Waals surface area contributed by atoms with E-state index in [2.05, 4.69) is 5.32 Å². The number of phenols is 1. The Kier molecular flexibility index (Phi) is 6.53. The Balaban J connectivity index is 1.64. The van der Waals surface area contributed by atoms with E-state index in [9.17, 15) is 14.7 Å². The molecule has 2 heterocycles. The number of ether oxygens (including phenoxy) is 5. The van der Waals surface area contributed by atoms with Crippen LogP contribution in [0.15, 0.2) is 24.3 Å². The fourth-order valence-electron chi connectivity index (χ4n) is 5.52. The molecule has 0 bridgehead atoms. The van der Waals surface area contributed by atoms with Crippen molar-refractivity contribution in [2.45, 2.75) is 31.2 Å². The first kappa shape index (κ1) is 24.1. The SMILES string of the molecule is COc1cc(C2c3cc4c(cc3[C@@H](NC(=O)CCCCN)[C@H]3COC(=O)[C@H]23)OCO4)cc(OC)c1O. The van der Waals surface area contributed by atoms with E-state index in [1.54, 1.807) is 12.1 Å². The third kappa shape index (κ3) is 4.05. The Morgan fingerprint density at radius 3 is 2.36 bits per heavy atom. The number of unbranched alkanes of at least 4 members (excludes halogenated alkanes) is 1. The van der Waals surface area contributed by atoms with Crippen LogP contribution in [-0.2, 0) is 14.3 Å². The van der Waals surface area contributed by atoms with Crippen LogP contribution in [0.1, 0.15) is 47.9 Å². The highest BCUT2D eigenvalue weighted by atomic mass is 16.7. The molecule has 0 spiro atoms. The van der Waals surface area contributed by atoms with Gasteiger partial charge in [-0.3, -0.25) is 9.59 Å². The molecule has 2 aliphatic heterocycles. The standard InChI is InChI=1S/C26H30N2O8/c1-32-19-7-13(8-20(33-2)25(19)30)22-14-9-17-18(36-12-35-17)10-15(14)24(16-11-34-26(31)23(16)22)28-21(29)5-3-4-6-27/h7-10,16,22-24,30H,3-6,11-12,27H2,1-2H3,(H,28,29)/t16-,22?,23-,24+/m0/s1. The smallest absolute Gasteiger partial charge is 0.310 e. The van der Waals surface area contributed by atoms with Crippen LogP contribution in [0.4, 0.5) is 0 Å². The molecule has 1 unspecified atom stereocenters. The summed E-state index contributed by atoms with van der Waals surface area (Å²) >= 11 is 0. The Bertz CT molecular complexity index is 1160. The van der Waals surface area contributed by atoms with Gasteiger partial charge in [0.2, 0.25) is 18.4 Å². The fraction of sp³-hybridized carbons (Fsp3) is 0.462. The second kappa shape index (κ2) is 9.77. The number of phenolic OH excluding ortho intramolecular Hbond substituents is 1. The first-order valence-corrected chi connectivity index (χ1v) is 12.0. The Labute approximate surface area is 208 Å². The number of fused-ring (bicyclic) bond motifs is 3. The van der Waals surface area contributed by atoms with Gasteiger partial charge in [0.25, 0.3) is 0 Å². The molecule has 1 amide bonds. The van der Waals surface area contributed by atoms with E-state index in [-0.39, 0.29) is 48.4 Å². The number of amides is 1. The average Bonchev–Trinajstić information content (AvgIpc) is 3.49. The number of carbonyl (C=O) groups excluding carboxylic acids is 2. The number of esters is 1. The van der Waals surface area contributed by atoms with Crippen molar-refractivity contribution in [1.82, 2.24) is 5.32 Å². The molecule has 3 aliphatic rings. The Morgan fingerprint density at radius 1 is 1.06 bits per heavy atom. The average molecular weight is 499 g/mol. The van der Waals surface area contributed by atoms with E-state index < -0.39 is 17.9 Å². The van der Waals surface area contributed by atoms with Crippen LogP contribution in [0, 0.1) is 11.8 Å². The molecule has 5 rings (SSSR count). The maximum Gasteiger partial charge on any atom is 0.310 e. The minimum atomic E-state index is -0.578. The molecule has 0 aromatic heterocycles. The molecule has 1 aliphatic carbocycles. The number of nitrogens with one attached hydrogen (secondary N) is 1. The number of methoxy groups -OCH3 is 2. The predicted molar refractivity (Wildman–Crippen MR) is 127 cm³/mol. The highest BCUT2D eigenvalue weighted by Gasteiger charge is 2.53. The van der Waals surface area contributed by atoms with Crippen molar-refractivity contribution in [2.24, 2.45) is 17.6 Å². The number of hydrogen-bond donors (Lipinski definition) is 3. The van der Waals surface area contributed by atoms with E-state index in [1.165, 1.54) is 14.2 Å². The van der Waals surface area contributed by atoms with E-state index in [4.69, 9.17) is 29.4 Å². The van der Waals surface area contributed by atoms with E-state index >= 15 is 0 Å². The van der Waals surface area contributed by atoms with Crippen molar-refractivity contribution in [3.05, 3.63) is 41.0 Å². The highest BCUT2D eigenvalue weighted by Crippen LogP contribution is 2.55. The largest absolute Gasteiger partial charge is 0.502 e. The van der Waals surface area contributed by atoms with Gasteiger partial charge in [0.1, 0.15) is 0 Å². The van der Waals surface area contributed by atoms with Gasteiger partial charge in [0.05, 0.1) is 32.8 Å². The van der Waals surface area contributed by atoms with Crippen LogP contribution in [0.5, 0.6) is 28.7 Å². The first-order valence-electron chi connectivity index (χ1n) is 12.0. The number of benzene rings is 2. The molecule has 1 fully saturated rings. The minimum Gasteiger partial charge on any atom is -0.502 e. The zero-order valence-electron chi connectivity index (χ0n) is 20.2. The normalized spacial score (nSPS) is 23.5. The summed E-state index contributed by atoms with van der Waals surface area (Å²) in [5, 5.41) is 13.6. The van der Waals surface area contributed by atoms with Gasteiger partial charge in [-0.05, 0) is 60.3 Å². The molecule has 4 atom stereocenters. The summed E-state index contributed by atoms with van der Waals surface area (Å²) in [6.07, 6.45) is 1.78. The van der Waals surface area contributed by atoms with Gasteiger partial charge in [-0.1, -0.05) is 0 Å². The van der Waals surface area contributed by atoms with Crippen molar-refractivity contribution < 1.29 is 38.4 Å². The summed E-state index contributed by atoms with van der Waals surface area (Å²) < 4.78 is 27.6. The Morgan fingerprint density at radius 2 is 1.72 bits per heavy atom. The summed E-state index contributed by atoms with van der Waals surface area (Å²) in [5.74, 6) is -0.320. The predicted octanol–water partition coefficient (Wildman–Crippen LogP) is 2.36. The molecule has 36 heavy (non-hydrogen) atoms. The van der Waals surface area contributed by atoms with Gasteiger partial charge in [-0.15, -0.1) is 0 Å². The maximum atomic E-state index is 13.1. The van der Waals surface area contributed by atoms with Crippen molar-refractivity contribution in [1.29, 1.82) is 0 Å². The quantitative estimate of drug-likeness (QED) is 0.370. The molecule has 1 saturated heterocycles. The zero-order valence-corrected chi connectivity index (χ0v) is 20.2. The lowest BCUT2D eigenvalue weighted by Gasteiger charge is -2.39. The van der Waals surface area contributed by atoms with Gasteiger partial charge in [-0.25, -0.2) is 0 Å². The lowest BCUT2D eigenvalue weighted by atomic mass is 9.65. The number of hydrogen-bond acceptors (Lipinski definition) is 9. The summed E-state index contributed by atoms with van der Waals surface area (Å²) in [6, 6.07) is 6.69. The monoisotopic (exact) mass is 498 g/mol. The summed E-state index contributed by atoms with van der Waals surface area (Å²) in [7, 11) is 2.90. The third-order valence-corrected chi connectivity index (χ3v) is 7.22. The first-order chi connectivity index (χ1) is 17.5. The van der Waals surface area contributed by atoms with Gasteiger partial charge < -0.3 is 39.8 Å². The van der Waals surface area contributed by atoms with Gasteiger partial charge in [-0.2, -0.15) is 0 Å². The van der Waals surface area contributed by atoms with E-state index in [0.29, 0.717) is 36.4 Å². The molecular formula is C26H30N2O8. The maximum absolute atomic E-state index is 13.1. The number of nitrogens with two attached hydrogens (primary N) is 1. The van der Waals surface area contributed by atoms with Gasteiger partial charge >= 0.3 is 5.97 Å². The molecule has 10 nitrogen and oxygen atoms in total. The third-order valence-electron chi connectivity index (χ3n) is 7.22.